The van der Waals surface area contributed by atoms with Gasteiger partial charge in [0.05, 0.1) is 65.3 Å². The number of rotatable bonds is 26. The number of benzene rings is 4. The fourth-order valence-corrected chi connectivity index (χ4v) is 9.71. The number of nitrogens with zero attached hydrogens (tertiary/aromatic N) is 1. The monoisotopic (exact) mass is 1300 g/mol. The molecular weight excluding hydrogens is 1240 g/mol. The lowest BCUT2D eigenvalue weighted by atomic mass is 9.85. The van der Waals surface area contributed by atoms with Crippen LogP contribution in [0.2, 0.25) is 0 Å². The Morgan fingerprint density at radius 2 is 0.759 bits per heavy atom. The second kappa shape index (κ2) is 29.9. The Morgan fingerprint density at radius 1 is 0.402 bits per heavy atom. The molecule has 0 spiro atoms. The Balaban J connectivity index is 0.00000123. The number of ether oxygens (including phenoxy) is 3. The van der Waals surface area contributed by atoms with E-state index in [1.807, 2.05) is 6.92 Å². The van der Waals surface area contributed by atoms with Crippen LogP contribution in [-0.4, -0.2) is 50.6 Å². The van der Waals surface area contributed by atoms with Gasteiger partial charge < -0.3 is 28.2 Å². The summed E-state index contributed by atoms with van der Waals surface area (Å²) in [6.07, 6.45) is -43.4. The van der Waals surface area contributed by atoms with E-state index in [2.05, 4.69) is 0 Å². The molecule has 0 amide bonds. The molecule has 7 nitrogen and oxygen atoms in total. The van der Waals surface area contributed by atoms with Crippen molar-refractivity contribution in [2.45, 2.75) is 174 Å². The lowest BCUT2D eigenvalue weighted by Gasteiger charge is -2.59. The minimum Gasteiger partial charge on any atom is -0.490 e. The molecule has 4 rings (SSSR count). The predicted octanol–water partition coefficient (Wildman–Crippen LogP) is 20.2. The smallest absolute Gasteiger partial charge is 0.490 e. The molecule has 0 N–H and O–H groups in total. The zero-order valence-corrected chi connectivity index (χ0v) is 47.2. The van der Waals surface area contributed by atoms with Crippen molar-refractivity contribution in [3.63, 3.8) is 0 Å². The topological polar surface area (TPSA) is 55.4 Å². The lowest BCUT2D eigenvalue weighted by molar-refractivity contribution is -1.08. The summed E-state index contributed by atoms with van der Waals surface area (Å²) in [7, 11) is -3.42. The van der Waals surface area contributed by atoms with E-state index in [0.29, 0.717) is 25.0 Å². The Kier molecular flexibility index (Phi) is 26.0. The van der Waals surface area contributed by atoms with Crippen LogP contribution in [0.4, 0.5) is 105 Å². The highest BCUT2D eigenvalue weighted by Gasteiger charge is 2.64. The van der Waals surface area contributed by atoms with E-state index in [4.69, 9.17) is 28.2 Å². The van der Waals surface area contributed by atoms with Crippen molar-refractivity contribution in [1.29, 1.82) is 0 Å². The molecule has 0 fully saturated rings. The molecular formula is C55H60BF24NO6. The summed E-state index contributed by atoms with van der Waals surface area (Å²) in [6, 6.07) is 0.890. The van der Waals surface area contributed by atoms with Gasteiger partial charge in [0.25, 0.3) is 0 Å². The normalized spacial score (nSPS) is 15.2. The molecule has 0 aliphatic rings. The molecule has 32 heteroatoms. The van der Waals surface area contributed by atoms with Crippen LogP contribution in [0.1, 0.15) is 156 Å². The number of unbranched alkanes of at least 4 members (excludes halogenated alkanes) is 5. The highest BCUT2D eigenvalue weighted by Crippen LogP contribution is 2.55. The number of hydrogen-bond acceptors (Lipinski definition) is 6. The second-order valence-corrected chi connectivity index (χ2v) is 19.2. The maximum Gasteiger partial charge on any atom is 0.864 e. The van der Waals surface area contributed by atoms with Gasteiger partial charge in [-0.2, -0.15) is 124 Å². The Bertz CT molecular complexity index is 2600. The predicted molar refractivity (Wildman–Crippen MR) is 266 cm³/mol. The van der Waals surface area contributed by atoms with Gasteiger partial charge in [-0.25, -0.2) is 4.48 Å². The number of halogens is 24. The van der Waals surface area contributed by atoms with Crippen LogP contribution in [0.3, 0.4) is 0 Å². The maximum atomic E-state index is 16.0. The van der Waals surface area contributed by atoms with Crippen LogP contribution in [0.15, 0.2) is 66.7 Å². The Labute approximate surface area is 484 Å². The van der Waals surface area contributed by atoms with Gasteiger partial charge in [-0.15, -0.1) is 6.07 Å². The molecule has 4 aromatic rings. The first-order chi connectivity index (χ1) is 39.8. The Hall–Kier alpha value is -5.50. The molecule has 0 aromatic heterocycles. The van der Waals surface area contributed by atoms with Crippen LogP contribution in [0.25, 0.3) is 0 Å². The minimum atomic E-state index is -5.86. The van der Waals surface area contributed by atoms with Crippen molar-refractivity contribution >= 4 is 7.32 Å². The van der Waals surface area contributed by atoms with E-state index in [1.54, 1.807) is 33.8 Å². The van der Waals surface area contributed by atoms with Gasteiger partial charge >= 0.3 is 56.7 Å². The highest BCUT2D eigenvalue weighted by atomic mass is 19.4. The quantitative estimate of drug-likeness (QED) is 0.0156. The summed E-state index contributed by atoms with van der Waals surface area (Å²) >= 11 is 0. The third kappa shape index (κ3) is 20.0. The first kappa shape index (κ1) is 75.8. The van der Waals surface area contributed by atoms with E-state index in [1.165, 1.54) is 13.8 Å². The minimum absolute atomic E-state index is 0.0521. The molecule has 0 saturated heterocycles. The van der Waals surface area contributed by atoms with Gasteiger partial charge in [0.1, 0.15) is 17.2 Å². The number of alkyl halides is 24. The molecule has 0 aliphatic carbocycles. The van der Waals surface area contributed by atoms with Gasteiger partial charge in [-0.1, -0.05) is 64.5 Å². The first-order valence-corrected chi connectivity index (χ1v) is 26.7. The zero-order chi connectivity index (χ0) is 66.6. The fourth-order valence-electron chi connectivity index (χ4n) is 9.71. The van der Waals surface area contributed by atoms with Gasteiger partial charge in [0, 0.05) is 19.3 Å². The number of hydrogen-bond donors (Lipinski definition) is 0. The molecule has 492 valence electrons. The van der Waals surface area contributed by atoms with Crippen LogP contribution in [0.5, 0.6) is 17.2 Å². The van der Waals surface area contributed by atoms with Crippen LogP contribution < -0.4 is 14.0 Å². The third-order valence-electron chi connectivity index (χ3n) is 13.2. The van der Waals surface area contributed by atoms with Gasteiger partial charge in [-0.05, 0) is 82.1 Å². The first-order valence-electron chi connectivity index (χ1n) is 26.7. The van der Waals surface area contributed by atoms with Crippen molar-refractivity contribution in [2.75, 3.05) is 26.4 Å². The average molecular weight is 1300 g/mol. The van der Waals surface area contributed by atoms with Crippen molar-refractivity contribution < 1.29 is 138 Å². The van der Waals surface area contributed by atoms with Crippen LogP contribution >= 0.6 is 0 Å². The molecule has 87 heavy (non-hydrogen) atoms. The summed E-state index contributed by atoms with van der Waals surface area (Å²) in [5.74, 6) is -4.91. The summed E-state index contributed by atoms with van der Waals surface area (Å²) in [5, 5.41) is 0. The summed E-state index contributed by atoms with van der Waals surface area (Å²) < 4.78 is 368. The zero-order valence-electron chi connectivity index (χ0n) is 47.2. The lowest BCUT2D eigenvalue weighted by Crippen LogP contribution is -2.74. The van der Waals surface area contributed by atoms with Crippen molar-refractivity contribution in [3.05, 3.63) is 123 Å². The average Bonchev–Trinajstić information content (AvgIpc) is 0.717. The van der Waals surface area contributed by atoms with E-state index in [-0.39, 0.29) is 81.5 Å². The molecule has 0 aliphatic heterocycles. The third-order valence-corrected chi connectivity index (χ3v) is 13.2. The van der Waals surface area contributed by atoms with Crippen LogP contribution in [0, 0.1) is 6.07 Å². The molecule has 4 aromatic carbocycles. The molecule has 0 radical (unpaired) electrons. The van der Waals surface area contributed by atoms with Gasteiger partial charge in [0.15, 0.2) is 12.5 Å². The SMILES string of the molecule is CCCCCCCC[N+](C(CC)OCC)(C(CC)OCC)C(CC)(OCC)c1c(OB(Oc2cc(C(F)(F)F)cc(C(F)(F)F)c2)Oc2cc(C(F)(F)F)cc(C(F)(F)F)c2)cc(C(F)(F)F)cc1C(F)(F)F.FC(F)(F)c1c[c-]cc(C(F)(F)F)c1. The van der Waals surface area contributed by atoms with E-state index < -0.39 is 172 Å². The van der Waals surface area contributed by atoms with E-state index in [0.717, 1.165) is 19.3 Å². The van der Waals surface area contributed by atoms with Crippen molar-refractivity contribution in [2.24, 2.45) is 0 Å². The van der Waals surface area contributed by atoms with Crippen LogP contribution in [-0.2, 0) is 69.3 Å². The highest BCUT2D eigenvalue weighted by molar-refractivity contribution is 6.39. The second-order valence-electron chi connectivity index (χ2n) is 19.2. The summed E-state index contributed by atoms with van der Waals surface area (Å²) in [6.45, 7) is 9.81. The molecule has 3 unspecified atom stereocenters. The molecule has 3 atom stereocenters. The Morgan fingerprint density at radius 3 is 1.08 bits per heavy atom. The van der Waals surface area contributed by atoms with Crippen molar-refractivity contribution in [3.8, 4) is 17.2 Å². The van der Waals surface area contributed by atoms with Gasteiger partial charge in [-0.3, -0.25) is 0 Å². The van der Waals surface area contributed by atoms with E-state index in [9.17, 15) is 92.2 Å². The molecule has 0 bridgehead atoms. The van der Waals surface area contributed by atoms with Crippen molar-refractivity contribution in [1.82, 2.24) is 0 Å². The molecule has 0 saturated carbocycles. The molecule has 0 heterocycles. The summed E-state index contributed by atoms with van der Waals surface area (Å²) in [4.78, 5) is 0. The maximum absolute atomic E-state index is 16.0. The van der Waals surface area contributed by atoms with E-state index >= 15 is 13.2 Å². The summed E-state index contributed by atoms with van der Waals surface area (Å²) in [5.41, 5.74) is -19.6. The largest absolute Gasteiger partial charge is 0.864 e. The fraction of sp³-hybridized carbons (Fsp3) is 0.564. The standard InChI is InChI=1S/C47H57BF18NO6.C8H3F6/c1-8-15-16-17-18-19-20-67(38(9-2)68-12-5,39(10-3)69-13-6)41(11-4,70-14-7)40-36(47(64,65)66)27-33(46(61,62)63)28-37(40)73-48(71-34-23-29(42(49,50)51)21-30(24-34)43(52,53)54)72-35-25-31(44(55,56)57)22-32(26-35)45(58,59)60;9-7(10,11)5-2-1-3-6(4-5)8(12,13)14/h21-28,38-39H,8-20H2,1-7H3;2-4H/q+1;-1. The number of quaternary nitrogens is 1. The van der Waals surface area contributed by atoms with Gasteiger partial charge in [0.2, 0.25) is 5.72 Å².